The number of halogens is 1. The van der Waals surface area contributed by atoms with Crippen LogP contribution in [0.4, 0.5) is 5.69 Å². The minimum absolute atomic E-state index is 0.652. The van der Waals surface area contributed by atoms with E-state index in [0.29, 0.717) is 6.61 Å². The van der Waals surface area contributed by atoms with Gasteiger partial charge in [-0.1, -0.05) is 47.5 Å². The van der Waals surface area contributed by atoms with Crippen molar-refractivity contribution >= 4 is 21.6 Å². The zero-order chi connectivity index (χ0) is 14.2. The van der Waals surface area contributed by atoms with Gasteiger partial charge in [-0.05, 0) is 42.3 Å². The molecular weight excluding hydrogens is 314 g/mol. The molecule has 0 aromatic heterocycles. The van der Waals surface area contributed by atoms with Crippen molar-refractivity contribution < 1.29 is 4.74 Å². The fourth-order valence-electron chi connectivity index (χ4n) is 2.00. The Morgan fingerprint density at radius 3 is 2.60 bits per heavy atom. The summed E-state index contributed by atoms with van der Waals surface area (Å²) in [4.78, 5) is 0. The summed E-state index contributed by atoms with van der Waals surface area (Å²) < 4.78 is 6.80. The molecule has 0 fully saturated rings. The van der Waals surface area contributed by atoms with Crippen molar-refractivity contribution in [3.63, 3.8) is 0 Å². The molecule has 0 unspecified atom stereocenters. The molecule has 0 amide bonds. The summed E-state index contributed by atoms with van der Waals surface area (Å²) in [6.07, 6.45) is 2.31. The highest BCUT2D eigenvalue weighted by atomic mass is 79.9. The van der Waals surface area contributed by atoms with E-state index in [0.717, 1.165) is 28.9 Å². The van der Waals surface area contributed by atoms with Crippen molar-refractivity contribution in [2.75, 3.05) is 18.5 Å². The minimum atomic E-state index is 0.652. The summed E-state index contributed by atoms with van der Waals surface area (Å²) in [5.74, 6) is 0.931. The molecule has 20 heavy (non-hydrogen) atoms. The second kappa shape index (κ2) is 7.95. The molecule has 2 aromatic rings. The molecule has 1 N–H and O–H groups in total. The quantitative estimate of drug-likeness (QED) is 0.728. The Balaban J connectivity index is 1.73. The third-order valence-corrected chi connectivity index (χ3v) is 3.48. The Bertz CT molecular complexity index is 525. The Hall–Kier alpha value is -1.48. The highest BCUT2D eigenvalue weighted by molar-refractivity contribution is 9.10. The number of aryl methyl sites for hydroxylation is 1. The van der Waals surface area contributed by atoms with Gasteiger partial charge in [0.1, 0.15) is 12.4 Å². The van der Waals surface area contributed by atoms with Crippen molar-refractivity contribution in [2.24, 2.45) is 0 Å². The van der Waals surface area contributed by atoms with E-state index in [1.54, 1.807) is 0 Å². The second-order valence-electron chi connectivity index (χ2n) is 4.68. The van der Waals surface area contributed by atoms with Crippen LogP contribution in [0.1, 0.15) is 18.9 Å². The molecule has 3 heteroatoms. The van der Waals surface area contributed by atoms with Gasteiger partial charge >= 0.3 is 0 Å². The Morgan fingerprint density at radius 1 is 1.10 bits per heavy atom. The Labute approximate surface area is 129 Å². The zero-order valence-corrected chi connectivity index (χ0v) is 13.3. The van der Waals surface area contributed by atoms with E-state index in [9.17, 15) is 0 Å². The van der Waals surface area contributed by atoms with Crippen LogP contribution in [0, 0.1) is 0 Å². The molecule has 0 aliphatic heterocycles. The molecule has 0 bridgehead atoms. The molecule has 0 saturated carbocycles. The summed E-state index contributed by atoms with van der Waals surface area (Å²) in [5, 5.41) is 3.33. The van der Waals surface area contributed by atoms with Crippen LogP contribution in [0.15, 0.2) is 53.0 Å². The molecule has 0 aliphatic rings. The van der Waals surface area contributed by atoms with Gasteiger partial charge in [-0.25, -0.2) is 0 Å². The lowest BCUT2D eigenvalue weighted by Gasteiger charge is -2.09. The number of anilines is 1. The Kier molecular flexibility index (Phi) is 5.93. The van der Waals surface area contributed by atoms with E-state index in [-0.39, 0.29) is 0 Å². The van der Waals surface area contributed by atoms with Crippen LogP contribution in [0.3, 0.4) is 0 Å². The van der Waals surface area contributed by atoms with Crippen molar-refractivity contribution in [1.29, 1.82) is 0 Å². The third-order valence-electron chi connectivity index (χ3n) is 2.99. The minimum Gasteiger partial charge on any atom is -0.492 e. The molecular formula is C17H20BrNO. The van der Waals surface area contributed by atoms with Gasteiger partial charge < -0.3 is 10.1 Å². The number of ether oxygens (including phenoxy) is 1. The van der Waals surface area contributed by atoms with Crippen molar-refractivity contribution in [2.45, 2.75) is 19.8 Å². The fraction of sp³-hybridized carbons (Fsp3) is 0.294. The topological polar surface area (TPSA) is 21.3 Å². The predicted octanol–water partition coefficient (Wildman–Crippen LogP) is 4.89. The maximum Gasteiger partial charge on any atom is 0.119 e. The highest BCUT2D eigenvalue weighted by Crippen LogP contribution is 2.16. The molecule has 2 aromatic carbocycles. The van der Waals surface area contributed by atoms with Crippen molar-refractivity contribution in [3.8, 4) is 5.75 Å². The van der Waals surface area contributed by atoms with Gasteiger partial charge in [0.15, 0.2) is 0 Å². The van der Waals surface area contributed by atoms with Crippen LogP contribution in [-0.4, -0.2) is 13.2 Å². The van der Waals surface area contributed by atoms with Gasteiger partial charge in [0.25, 0.3) is 0 Å². The zero-order valence-electron chi connectivity index (χ0n) is 11.7. The molecule has 2 rings (SSSR count). The highest BCUT2D eigenvalue weighted by Gasteiger charge is 1.96. The van der Waals surface area contributed by atoms with Crippen LogP contribution in [0.25, 0.3) is 0 Å². The normalized spacial score (nSPS) is 10.3. The van der Waals surface area contributed by atoms with Crippen LogP contribution in [-0.2, 0) is 6.42 Å². The van der Waals surface area contributed by atoms with E-state index < -0.39 is 0 Å². The fourth-order valence-corrected chi connectivity index (χ4v) is 2.40. The molecule has 0 radical (unpaired) electrons. The van der Waals surface area contributed by atoms with E-state index >= 15 is 0 Å². The average Bonchev–Trinajstić information content (AvgIpc) is 2.46. The Morgan fingerprint density at radius 2 is 1.90 bits per heavy atom. The number of nitrogens with one attached hydrogen (secondary N) is 1. The van der Waals surface area contributed by atoms with Crippen LogP contribution in [0.5, 0.6) is 5.75 Å². The number of hydrogen-bond donors (Lipinski definition) is 1. The molecule has 2 nitrogen and oxygen atoms in total. The van der Waals surface area contributed by atoms with Gasteiger partial charge in [0.05, 0.1) is 0 Å². The third kappa shape index (κ3) is 4.89. The largest absolute Gasteiger partial charge is 0.492 e. The van der Waals surface area contributed by atoms with Gasteiger partial charge in [0.2, 0.25) is 0 Å². The first kappa shape index (κ1) is 14.9. The van der Waals surface area contributed by atoms with E-state index in [4.69, 9.17) is 4.74 Å². The standard InChI is InChI=1S/C17H20BrNO/c1-2-4-14-7-9-17(10-8-14)20-12-11-19-16-6-3-5-15(18)13-16/h3,5-10,13,19H,2,4,11-12H2,1H3. The monoisotopic (exact) mass is 333 g/mol. The molecule has 106 valence electrons. The first-order chi connectivity index (χ1) is 9.78. The van der Waals surface area contributed by atoms with Crippen molar-refractivity contribution in [3.05, 3.63) is 58.6 Å². The molecule has 0 heterocycles. The van der Waals surface area contributed by atoms with E-state index in [2.05, 4.69) is 46.4 Å². The molecule has 0 aliphatic carbocycles. The maximum absolute atomic E-state index is 5.72. The maximum atomic E-state index is 5.72. The van der Waals surface area contributed by atoms with Gasteiger partial charge in [0, 0.05) is 16.7 Å². The molecule has 0 saturated heterocycles. The summed E-state index contributed by atoms with van der Waals surface area (Å²) in [5.41, 5.74) is 2.47. The van der Waals surface area contributed by atoms with Gasteiger partial charge in [-0.3, -0.25) is 0 Å². The average molecular weight is 334 g/mol. The van der Waals surface area contributed by atoms with Crippen molar-refractivity contribution in [1.82, 2.24) is 0 Å². The van der Waals surface area contributed by atoms with Crippen LogP contribution < -0.4 is 10.1 Å². The summed E-state index contributed by atoms with van der Waals surface area (Å²) in [6.45, 7) is 3.63. The lowest BCUT2D eigenvalue weighted by Crippen LogP contribution is -2.11. The number of benzene rings is 2. The number of rotatable bonds is 7. The van der Waals surface area contributed by atoms with Crippen LogP contribution >= 0.6 is 15.9 Å². The lowest BCUT2D eigenvalue weighted by molar-refractivity contribution is 0.333. The van der Waals surface area contributed by atoms with E-state index in [1.165, 1.54) is 12.0 Å². The summed E-state index contributed by atoms with van der Waals surface area (Å²) in [7, 11) is 0. The second-order valence-corrected chi connectivity index (χ2v) is 5.60. The SMILES string of the molecule is CCCc1ccc(OCCNc2cccc(Br)c2)cc1. The van der Waals surface area contributed by atoms with Crippen LogP contribution in [0.2, 0.25) is 0 Å². The smallest absolute Gasteiger partial charge is 0.119 e. The predicted molar refractivity (Wildman–Crippen MR) is 88.6 cm³/mol. The first-order valence-electron chi connectivity index (χ1n) is 6.99. The lowest BCUT2D eigenvalue weighted by atomic mass is 10.1. The summed E-state index contributed by atoms with van der Waals surface area (Å²) >= 11 is 3.46. The molecule has 0 spiro atoms. The first-order valence-corrected chi connectivity index (χ1v) is 7.78. The number of hydrogen-bond acceptors (Lipinski definition) is 2. The van der Waals surface area contributed by atoms with Gasteiger partial charge in [-0.2, -0.15) is 0 Å². The molecule has 0 atom stereocenters. The summed E-state index contributed by atoms with van der Waals surface area (Å²) in [6, 6.07) is 16.5. The van der Waals surface area contributed by atoms with E-state index in [1.807, 2.05) is 30.3 Å². The van der Waals surface area contributed by atoms with Gasteiger partial charge in [-0.15, -0.1) is 0 Å².